The second kappa shape index (κ2) is 5.87. The van der Waals surface area contributed by atoms with Crippen molar-refractivity contribution in [2.75, 3.05) is 13.7 Å². The average Bonchev–Trinajstić information content (AvgIpc) is 2.79. The molecule has 1 N–H and O–H groups in total. The van der Waals surface area contributed by atoms with Crippen molar-refractivity contribution in [1.82, 2.24) is 4.90 Å². The molecule has 0 unspecified atom stereocenters. The fourth-order valence-corrected chi connectivity index (χ4v) is 2.42. The quantitative estimate of drug-likeness (QED) is 0.816. The Morgan fingerprint density at radius 1 is 1.39 bits per heavy atom. The third-order valence-electron chi connectivity index (χ3n) is 3.40. The summed E-state index contributed by atoms with van der Waals surface area (Å²) < 4.78 is 5.03. The van der Waals surface area contributed by atoms with Crippen molar-refractivity contribution in [1.29, 1.82) is 0 Å². The largest absolute Gasteiger partial charge is 0.465 e. The molecule has 0 saturated carbocycles. The number of carboxylic acid groups (broad SMARTS) is 1. The van der Waals surface area contributed by atoms with E-state index in [-0.39, 0.29) is 0 Å². The van der Waals surface area contributed by atoms with Gasteiger partial charge in [0.2, 0.25) is 0 Å². The summed E-state index contributed by atoms with van der Waals surface area (Å²) in [7, 11) is 1.71. The van der Waals surface area contributed by atoms with Gasteiger partial charge in [-0.1, -0.05) is 18.2 Å². The maximum absolute atomic E-state index is 11.0. The van der Waals surface area contributed by atoms with Gasteiger partial charge in [0.05, 0.1) is 0 Å². The third-order valence-corrected chi connectivity index (χ3v) is 3.40. The van der Waals surface area contributed by atoms with Gasteiger partial charge in [0.1, 0.15) is 0 Å². The average molecular weight is 249 g/mol. The van der Waals surface area contributed by atoms with Gasteiger partial charge >= 0.3 is 6.09 Å². The van der Waals surface area contributed by atoms with E-state index in [2.05, 4.69) is 6.07 Å². The lowest BCUT2D eigenvalue weighted by Gasteiger charge is -2.10. The molecule has 1 aromatic rings. The van der Waals surface area contributed by atoms with Gasteiger partial charge in [0, 0.05) is 26.8 Å². The highest BCUT2D eigenvalue weighted by Gasteiger charge is 2.24. The standard InChI is InChI=1S/C14H19NO3/c1-18-8-3-2-5-11-6-4-7-12-9-15(14(16)17)10-13(11)12/h4,6-7H,2-3,5,8-10H2,1H3,(H,16,17). The second-order valence-corrected chi connectivity index (χ2v) is 4.64. The van der Waals surface area contributed by atoms with Crippen LogP contribution >= 0.6 is 0 Å². The number of aryl methyl sites for hydroxylation is 1. The molecule has 4 nitrogen and oxygen atoms in total. The van der Waals surface area contributed by atoms with Crippen molar-refractivity contribution in [3.8, 4) is 0 Å². The predicted octanol–water partition coefficient (Wildman–Crippen LogP) is 2.65. The zero-order chi connectivity index (χ0) is 13.0. The van der Waals surface area contributed by atoms with Crippen LogP contribution in [0.4, 0.5) is 4.79 Å². The lowest BCUT2D eigenvalue weighted by Crippen LogP contribution is -2.22. The number of amides is 1. The Balaban J connectivity index is 2.02. The molecule has 1 aliphatic rings. The molecule has 0 bridgehead atoms. The summed E-state index contributed by atoms with van der Waals surface area (Å²) in [5.74, 6) is 0. The number of ether oxygens (including phenoxy) is 1. The number of rotatable bonds is 5. The van der Waals surface area contributed by atoms with E-state index < -0.39 is 6.09 Å². The minimum absolute atomic E-state index is 0.524. The van der Waals surface area contributed by atoms with Crippen LogP contribution in [-0.2, 0) is 24.2 Å². The van der Waals surface area contributed by atoms with E-state index in [0.717, 1.165) is 31.4 Å². The lowest BCUT2D eigenvalue weighted by atomic mass is 9.99. The molecule has 0 aliphatic carbocycles. The van der Waals surface area contributed by atoms with Gasteiger partial charge in [-0.15, -0.1) is 0 Å². The topological polar surface area (TPSA) is 49.8 Å². The van der Waals surface area contributed by atoms with Gasteiger partial charge in [-0.25, -0.2) is 4.79 Å². The zero-order valence-electron chi connectivity index (χ0n) is 10.7. The Morgan fingerprint density at radius 3 is 2.94 bits per heavy atom. The third kappa shape index (κ3) is 2.82. The van der Waals surface area contributed by atoms with E-state index in [1.54, 1.807) is 7.11 Å². The molecule has 1 amide bonds. The smallest absolute Gasteiger partial charge is 0.407 e. The van der Waals surface area contributed by atoms with Gasteiger partial charge in [0.15, 0.2) is 0 Å². The molecule has 2 rings (SSSR count). The number of carbonyl (C=O) groups is 1. The molecule has 18 heavy (non-hydrogen) atoms. The van der Waals surface area contributed by atoms with Crippen LogP contribution in [0.3, 0.4) is 0 Å². The van der Waals surface area contributed by atoms with Crippen molar-refractivity contribution in [2.24, 2.45) is 0 Å². The summed E-state index contributed by atoms with van der Waals surface area (Å²) >= 11 is 0. The number of methoxy groups -OCH3 is 1. The van der Waals surface area contributed by atoms with Crippen LogP contribution in [-0.4, -0.2) is 29.8 Å². The van der Waals surface area contributed by atoms with E-state index in [4.69, 9.17) is 9.84 Å². The molecule has 0 aromatic heterocycles. The van der Waals surface area contributed by atoms with Crippen LogP contribution in [0.1, 0.15) is 29.5 Å². The van der Waals surface area contributed by atoms with E-state index in [0.29, 0.717) is 13.1 Å². The molecule has 0 fully saturated rings. The van der Waals surface area contributed by atoms with Crippen molar-refractivity contribution in [2.45, 2.75) is 32.4 Å². The maximum atomic E-state index is 11.0. The minimum Gasteiger partial charge on any atom is -0.465 e. The number of nitrogens with zero attached hydrogens (tertiary/aromatic N) is 1. The summed E-state index contributed by atoms with van der Waals surface area (Å²) in [6.07, 6.45) is 2.29. The zero-order valence-corrected chi connectivity index (χ0v) is 10.7. The summed E-state index contributed by atoms with van der Waals surface area (Å²) in [6.45, 7) is 1.85. The van der Waals surface area contributed by atoms with Gasteiger partial charge in [-0.05, 0) is 36.0 Å². The van der Waals surface area contributed by atoms with Crippen molar-refractivity contribution in [3.63, 3.8) is 0 Å². The van der Waals surface area contributed by atoms with Gasteiger partial charge < -0.3 is 9.84 Å². The fraction of sp³-hybridized carbons (Fsp3) is 0.500. The fourth-order valence-electron chi connectivity index (χ4n) is 2.42. The first-order valence-electron chi connectivity index (χ1n) is 6.29. The SMILES string of the molecule is COCCCCc1cccc2c1CN(C(=O)O)C2. The second-order valence-electron chi connectivity index (χ2n) is 4.64. The van der Waals surface area contributed by atoms with Gasteiger partial charge in [-0.2, -0.15) is 0 Å². The van der Waals surface area contributed by atoms with Gasteiger partial charge in [-0.3, -0.25) is 4.90 Å². The molecule has 0 atom stereocenters. The summed E-state index contributed by atoms with van der Waals surface area (Å²) in [5.41, 5.74) is 3.64. The minimum atomic E-state index is -0.837. The molecule has 0 spiro atoms. The highest BCUT2D eigenvalue weighted by atomic mass is 16.5. The van der Waals surface area contributed by atoms with Crippen LogP contribution in [0.15, 0.2) is 18.2 Å². The maximum Gasteiger partial charge on any atom is 0.407 e. The Hall–Kier alpha value is -1.55. The first kappa shape index (κ1) is 12.9. The van der Waals surface area contributed by atoms with Crippen molar-refractivity contribution in [3.05, 3.63) is 34.9 Å². The van der Waals surface area contributed by atoms with Crippen molar-refractivity contribution >= 4 is 6.09 Å². The van der Waals surface area contributed by atoms with Crippen LogP contribution < -0.4 is 0 Å². The Bertz CT molecular complexity index is 431. The van der Waals surface area contributed by atoms with E-state index >= 15 is 0 Å². The lowest BCUT2D eigenvalue weighted by molar-refractivity contribution is 0.145. The molecule has 1 aromatic carbocycles. The molecule has 98 valence electrons. The number of benzene rings is 1. The molecule has 0 radical (unpaired) electrons. The van der Waals surface area contributed by atoms with Crippen LogP contribution in [0.25, 0.3) is 0 Å². The summed E-state index contributed by atoms with van der Waals surface area (Å²) in [6, 6.07) is 6.16. The van der Waals surface area contributed by atoms with Crippen LogP contribution in [0.5, 0.6) is 0 Å². The number of hydrogen-bond acceptors (Lipinski definition) is 2. The van der Waals surface area contributed by atoms with E-state index in [1.165, 1.54) is 16.0 Å². The Kier molecular flexibility index (Phi) is 4.20. The van der Waals surface area contributed by atoms with Crippen molar-refractivity contribution < 1.29 is 14.6 Å². The summed E-state index contributed by atoms with van der Waals surface area (Å²) in [4.78, 5) is 12.5. The number of unbranched alkanes of at least 4 members (excludes halogenated alkanes) is 1. The first-order valence-corrected chi connectivity index (χ1v) is 6.29. The monoisotopic (exact) mass is 249 g/mol. The van der Waals surface area contributed by atoms with Gasteiger partial charge in [0.25, 0.3) is 0 Å². The number of fused-ring (bicyclic) bond motifs is 1. The Labute approximate surface area is 107 Å². The molecule has 1 heterocycles. The highest BCUT2D eigenvalue weighted by Crippen LogP contribution is 2.26. The van der Waals surface area contributed by atoms with Crippen LogP contribution in [0.2, 0.25) is 0 Å². The predicted molar refractivity (Wildman–Crippen MR) is 68.5 cm³/mol. The summed E-state index contributed by atoms with van der Waals surface area (Å²) in [5, 5.41) is 9.03. The Morgan fingerprint density at radius 2 is 2.22 bits per heavy atom. The van der Waals surface area contributed by atoms with E-state index in [9.17, 15) is 4.79 Å². The molecule has 1 aliphatic heterocycles. The first-order chi connectivity index (χ1) is 8.72. The normalized spacial score (nSPS) is 13.7. The highest BCUT2D eigenvalue weighted by molar-refractivity contribution is 5.66. The van der Waals surface area contributed by atoms with E-state index in [1.807, 2.05) is 12.1 Å². The number of hydrogen-bond donors (Lipinski definition) is 1. The molecule has 0 saturated heterocycles. The van der Waals surface area contributed by atoms with Crippen LogP contribution in [0, 0.1) is 0 Å². The molecular weight excluding hydrogens is 230 g/mol. The molecular formula is C14H19NO3. The molecule has 4 heteroatoms.